The maximum atomic E-state index is 13.4. The lowest BCUT2D eigenvalue weighted by Crippen LogP contribution is -2.49. The number of ether oxygens (including phenoxy) is 2. The highest BCUT2D eigenvalue weighted by molar-refractivity contribution is 5.97. The summed E-state index contributed by atoms with van der Waals surface area (Å²) in [6.07, 6.45) is 4.99. The van der Waals surface area contributed by atoms with Gasteiger partial charge < -0.3 is 20.1 Å². The molecule has 2 aliphatic rings. The van der Waals surface area contributed by atoms with Crippen LogP contribution < -0.4 is 20.1 Å². The first-order valence-electron chi connectivity index (χ1n) is 13.7. The third-order valence-corrected chi connectivity index (χ3v) is 7.61. The second kappa shape index (κ2) is 13.0. The van der Waals surface area contributed by atoms with E-state index in [-0.39, 0.29) is 17.2 Å². The van der Waals surface area contributed by atoms with E-state index in [1.54, 1.807) is 0 Å². The number of hydrogen-bond donors (Lipinski definition) is 2. The van der Waals surface area contributed by atoms with E-state index in [1.807, 2.05) is 44.2 Å². The Kier molecular flexibility index (Phi) is 9.45. The predicted molar refractivity (Wildman–Crippen MR) is 145 cm³/mol. The minimum Gasteiger partial charge on any atom is -0.494 e. The molecule has 7 heteroatoms. The van der Waals surface area contributed by atoms with Gasteiger partial charge >= 0.3 is 0 Å². The van der Waals surface area contributed by atoms with Crippen molar-refractivity contribution in [2.24, 2.45) is 5.41 Å². The Morgan fingerprint density at radius 1 is 0.946 bits per heavy atom. The van der Waals surface area contributed by atoms with Crippen LogP contribution in [0.15, 0.2) is 42.5 Å². The van der Waals surface area contributed by atoms with Crippen molar-refractivity contribution in [3.05, 3.63) is 59.2 Å². The Bertz CT molecular complexity index is 1050. The fraction of sp³-hybridized carbons (Fsp3) is 0.533. The Labute approximate surface area is 220 Å². The van der Waals surface area contributed by atoms with Crippen molar-refractivity contribution >= 4 is 11.8 Å². The molecule has 0 atom stereocenters. The van der Waals surface area contributed by atoms with Gasteiger partial charge in [-0.25, -0.2) is 0 Å². The predicted octanol–water partition coefficient (Wildman–Crippen LogP) is 4.47. The average molecular weight is 508 g/mol. The van der Waals surface area contributed by atoms with Crippen molar-refractivity contribution in [2.75, 3.05) is 39.4 Å². The topological polar surface area (TPSA) is 79.9 Å². The molecular formula is C30H41N3O4. The summed E-state index contributed by atoms with van der Waals surface area (Å²) in [6.45, 7) is 8.91. The fourth-order valence-corrected chi connectivity index (χ4v) is 5.39. The number of fused-ring (bicyclic) bond motifs is 1. The summed E-state index contributed by atoms with van der Waals surface area (Å²) in [6, 6.07) is 14.0. The molecule has 0 saturated carbocycles. The van der Waals surface area contributed by atoms with Crippen molar-refractivity contribution in [3.8, 4) is 11.5 Å². The largest absolute Gasteiger partial charge is 0.494 e. The molecule has 0 aliphatic carbocycles. The molecule has 1 fully saturated rings. The fourth-order valence-electron chi connectivity index (χ4n) is 5.39. The molecule has 0 aromatic heterocycles. The summed E-state index contributed by atoms with van der Waals surface area (Å²) in [5.41, 5.74) is 2.44. The summed E-state index contributed by atoms with van der Waals surface area (Å²) in [5, 5.41) is 6.26. The number of aryl methyl sites for hydroxylation is 1. The summed E-state index contributed by atoms with van der Waals surface area (Å²) in [4.78, 5) is 28.7. The molecule has 4 rings (SSSR count). The van der Waals surface area contributed by atoms with Gasteiger partial charge in [-0.15, -0.1) is 0 Å². The summed E-state index contributed by atoms with van der Waals surface area (Å²) < 4.78 is 11.6. The summed E-state index contributed by atoms with van der Waals surface area (Å²) in [5.74, 6) is 1.61. The number of benzene rings is 2. The molecule has 0 bridgehead atoms. The average Bonchev–Trinajstić information content (AvgIpc) is 2.91. The van der Waals surface area contributed by atoms with Crippen LogP contribution in [0.4, 0.5) is 0 Å². The highest BCUT2D eigenvalue weighted by Gasteiger charge is 2.40. The van der Waals surface area contributed by atoms with Crippen LogP contribution in [0.2, 0.25) is 0 Å². The number of hydrogen-bond acceptors (Lipinski definition) is 5. The Balaban J connectivity index is 1.36. The van der Waals surface area contributed by atoms with Crippen LogP contribution in [-0.2, 0) is 11.3 Å². The van der Waals surface area contributed by atoms with Crippen LogP contribution in [0.5, 0.6) is 11.5 Å². The summed E-state index contributed by atoms with van der Waals surface area (Å²) >= 11 is 0. The molecule has 2 amide bonds. The highest BCUT2D eigenvalue weighted by atomic mass is 16.5. The van der Waals surface area contributed by atoms with Gasteiger partial charge in [-0.1, -0.05) is 30.7 Å². The third-order valence-electron chi connectivity index (χ3n) is 7.61. The molecule has 0 radical (unpaired) electrons. The third kappa shape index (κ3) is 7.04. The van der Waals surface area contributed by atoms with Crippen LogP contribution >= 0.6 is 0 Å². The quantitative estimate of drug-likeness (QED) is 0.638. The number of likely N-dealkylation sites (tertiary alicyclic amines) is 1. The standard InChI is InChI=1S/C30H41N3O4/c1-3-36-25-12-10-24(11-13-25)22-33-19-15-30(16-20-33)14-4-5-17-31-28(34)26-9-6-8-23(2)27(26)37-21-7-18-32-29(30)35/h6,8-13H,3-5,7,14-22H2,1-2H3,(H,31,34)(H,32,35). The maximum absolute atomic E-state index is 13.4. The summed E-state index contributed by atoms with van der Waals surface area (Å²) in [7, 11) is 0. The van der Waals surface area contributed by atoms with Gasteiger partial charge in [-0.3, -0.25) is 14.5 Å². The van der Waals surface area contributed by atoms with Crippen molar-refractivity contribution in [2.45, 2.75) is 58.9 Å². The van der Waals surface area contributed by atoms with E-state index < -0.39 is 0 Å². The first-order chi connectivity index (χ1) is 18.0. The van der Waals surface area contributed by atoms with Gasteiger partial charge in [-0.05, 0) is 88.4 Å². The number of piperidine rings is 1. The van der Waals surface area contributed by atoms with Gasteiger partial charge in [-0.2, -0.15) is 0 Å². The zero-order valence-corrected chi connectivity index (χ0v) is 22.3. The second-order valence-corrected chi connectivity index (χ2v) is 10.3. The zero-order valence-electron chi connectivity index (χ0n) is 22.3. The monoisotopic (exact) mass is 507 g/mol. The van der Waals surface area contributed by atoms with Crippen LogP contribution in [0, 0.1) is 12.3 Å². The molecule has 37 heavy (non-hydrogen) atoms. The molecule has 1 spiro atoms. The van der Waals surface area contributed by atoms with Crippen LogP contribution in [0.1, 0.15) is 66.9 Å². The smallest absolute Gasteiger partial charge is 0.255 e. The van der Waals surface area contributed by atoms with Gasteiger partial charge in [0.2, 0.25) is 5.91 Å². The maximum Gasteiger partial charge on any atom is 0.255 e. The molecule has 7 nitrogen and oxygen atoms in total. The number of para-hydroxylation sites is 1. The molecule has 1 saturated heterocycles. The van der Waals surface area contributed by atoms with Crippen LogP contribution in [-0.4, -0.2) is 56.1 Å². The minimum atomic E-state index is -0.347. The van der Waals surface area contributed by atoms with Gasteiger partial charge in [0.15, 0.2) is 0 Å². The number of amides is 2. The molecule has 2 heterocycles. The number of rotatable bonds is 4. The first kappa shape index (κ1) is 27.0. The van der Waals surface area contributed by atoms with E-state index in [1.165, 1.54) is 5.56 Å². The van der Waals surface area contributed by atoms with E-state index in [4.69, 9.17) is 9.47 Å². The lowest BCUT2D eigenvalue weighted by molar-refractivity contribution is -0.134. The van der Waals surface area contributed by atoms with Gasteiger partial charge in [0, 0.05) is 19.6 Å². The Morgan fingerprint density at radius 3 is 2.46 bits per heavy atom. The van der Waals surface area contributed by atoms with E-state index in [0.717, 1.165) is 63.1 Å². The lowest BCUT2D eigenvalue weighted by Gasteiger charge is -2.41. The number of nitrogens with one attached hydrogen (secondary N) is 2. The molecule has 0 unspecified atom stereocenters. The van der Waals surface area contributed by atoms with Crippen LogP contribution in [0.3, 0.4) is 0 Å². The minimum absolute atomic E-state index is 0.0971. The molecule has 2 aromatic carbocycles. The van der Waals surface area contributed by atoms with Crippen molar-refractivity contribution in [1.29, 1.82) is 0 Å². The Hall–Kier alpha value is -3.06. The number of nitrogens with zero attached hydrogens (tertiary/aromatic N) is 1. The Morgan fingerprint density at radius 2 is 1.70 bits per heavy atom. The molecule has 200 valence electrons. The van der Waals surface area contributed by atoms with Gasteiger partial charge in [0.25, 0.3) is 5.91 Å². The normalized spacial score (nSPS) is 19.5. The second-order valence-electron chi connectivity index (χ2n) is 10.3. The SMILES string of the molecule is CCOc1ccc(CN2CCC3(CCCCNC(=O)c4cccc(C)c4OCCCNC3=O)CC2)cc1. The van der Waals surface area contributed by atoms with Crippen molar-refractivity contribution in [1.82, 2.24) is 15.5 Å². The molecule has 2 aliphatic heterocycles. The van der Waals surface area contributed by atoms with E-state index in [0.29, 0.717) is 44.0 Å². The lowest BCUT2D eigenvalue weighted by atomic mass is 9.73. The van der Waals surface area contributed by atoms with E-state index in [9.17, 15) is 9.59 Å². The van der Waals surface area contributed by atoms with Gasteiger partial charge in [0.1, 0.15) is 11.5 Å². The van der Waals surface area contributed by atoms with Gasteiger partial charge in [0.05, 0.1) is 24.2 Å². The zero-order chi connectivity index (χ0) is 26.1. The van der Waals surface area contributed by atoms with E-state index >= 15 is 0 Å². The molecule has 2 N–H and O–H groups in total. The first-order valence-corrected chi connectivity index (χ1v) is 13.7. The highest BCUT2D eigenvalue weighted by Crippen LogP contribution is 2.37. The van der Waals surface area contributed by atoms with Crippen molar-refractivity contribution < 1.29 is 19.1 Å². The number of carbonyl (C=O) groups is 2. The molecule has 2 aromatic rings. The van der Waals surface area contributed by atoms with Crippen molar-refractivity contribution in [3.63, 3.8) is 0 Å². The van der Waals surface area contributed by atoms with Crippen LogP contribution in [0.25, 0.3) is 0 Å². The number of carbonyl (C=O) groups excluding carboxylic acids is 2. The molecular weight excluding hydrogens is 466 g/mol. The van der Waals surface area contributed by atoms with E-state index in [2.05, 4.69) is 27.7 Å².